The van der Waals surface area contributed by atoms with Crippen LogP contribution in [0, 0.1) is 12.8 Å². The van der Waals surface area contributed by atoms with Crippen LogP contribution in [-0.4, -0.2) is 45.6 Å². The number of carbonyl (C=O) groups is 1. The molecule has 1 unspecified atom stereocenters. The van der Waals surface area contributed by atoms with E-state index >= 15 is 0 Å². The number of aryl methyl sites for hydroxylation is 1. The van der Waals surface area contributed by atoms with Crippen LogP contribution in [0.4, 0.5) is 5.82 Å². The second-order valence-electron chi connectivity index (χ2n) is 8.44. The summed E-state index contributed by atoms with van der Waals surface area (Å²) in [6, 6.07) is 6.40. The fraction of sp³-hybridized carbons (Fsp3) is 0.348. The van der Waals surface area contributed by atoms with Gasteiger partial charge in [-0.1, -0.05) is 6.07 Å². The smallest absolute Gasteiger partial charge is 0.221 e. The molecule has 0 aliphatic carbocycles. The lowest BCUT2D eigenvalue weighted by molar-refractivity contribution is -0.123. The highest BCUT2D eigenvalue weighted by atomic mass is 32.1. The first kappa shape index (κ1) is 20.7. The standard InChI is InChI=1S/C23H26N6O2S/c1-13-6-15-8-18(32-21(15)17(7-13)31-2)19-16(11-29-20(19)22(24)26-12-27-29)10-28-5-3-4-14(9-28)23(25)30/h6-8,11-12,14H,3-5,9-10H2,1-2H3,(H2,25,30)(H2,24,26,27). The molecule has 4 heterocycles. The summed E-state index contributed by atoms with van der Waals surface area (Å²) in [7, 11) is 1.70. The average molecular weight is 451 g/mol. The molecule has 4 aromatic rings. The second kappa shape index (κ2) is 8.07. The molecule has 1 aromatic carbocycles. The Labute approximate surface area is 189 Å². The van der Waals surface area contributed by atoms with Crippen LogP contribution in [0.1, 0.15) is 24.0 Å². The first-order chi connectivity index (χ1) is 15.4. The van der Waals surface area contributed by atoms with E-state index in [9.17, 15) is 4.79 Å². The summed E-state index contributed by atoms with van der Waals surface area (Å²) >= 11 is 1.68. The first-order valence-corrected chi connectivity index (χ1v) is 11.5. The van der Waals surface area contributed by atoms with Crippen molar-refractivity contribution in [1.29, 1.82) is 0 Å². The quantitative estimate of drug-likeness (QED) is 0.483. The van der Waals surface area contributed by atoms with Gasteiger partial charge in [0.25, 0.3) is 0 Å². The van der Waals surface area contributed by atoms with Crippen molar-refractivity contribution in [3.63, 3.8) is 0 Å². The molecular formula is C23H26N6O2S. The van der Waals surface area contributed by atoms with Crippen molar-refractivity contribution >= 4 is 38.7 Å². The number of amides is 1. The number of nitrogens with two attached hydrogens (primary N) is 2. The zero-order valence-electron chi connectivity index (χ0n) is 18.2. The molecule has 8 nitrogen and oxygen atoms in total. The van der Waals surface area contributed by atoms with Crippen molar-refractivity contribution in [2.45, 2.75) is 26.3 Å². The van der Waals surface area contributed by atoms with Crippen LogP contribution >= 0.6 is 11.3 Å². The number of carbonyl (C=O) groups excluding carboxylic acids is 1. The van der Waals surface area contributed by atoms with Crippen molar-refractivity contribution in [1.82, 2.24) is 19.5 Å². The average Bonchev–Trinajstić information content (AvgIpc) is 3.34. The molecule has 1 aliphatic heterocycles. The maximum absolute atomic E-state index is 11.8. The van der Waals surface area contributed by atoms with Gasteiger partial charge in [0.15, 0.2) is 5.82 Å². The number of fused-ring (bicyclic) bond motifs is 2. The number of primary amides is 1. The summed E-state index contributed by atoms with van der Waals surface area (Å²) < 4.78 is 8.54. The number of rotatable bonds is 5. The van der Waals surface area contributed by atoms with E-state index < -0.39 is 0 Å². The van der Waals surface area contributed by atoms with E-state index in [0.717, 1.165) is 62.3 Å². The van der Waals surface area contributed by atoms with E-state index in [1.54, 1.807) is 23.0 Å². The molecule has 1 aliphatic rings. The molecule has 166 valence electrons. The second-order valence-corrected chi connectivity index (χ2v) is 9.49. The number of nitrogens with zero attached hydrogens (tertiary/aromatic N) is 4. The van der Waals surface area contributed by atoms with Gasteiger partial charge in [-0.25, -0.2) is 9.50 Å². The number of aromatic nitrogens is 3. The van der Waals surface area contributed by atoms with Gasteiger partial charge in [0.05, 0.1) is 17.7 Å². The lowest BCUT2D eigenvalue weighted by atomic mass is 9.97. The van der Waals surface area contributed by atoms with Crippen molar-refractivity contribution in [3.8, 4) is 16.2 Å². The van der Waals surface area contributed by atoms with Gasteiger partial charge < -0.3 is 16.2 Å². The summed E-state index contributed by atoms with van der Waals surface area (Å²) in [5.41, 5.74) is 16.0. The summed E-state index contributed by atoms with van der Waals surface area (Å²) in [6.07, 6.45) is 5.29. The lowest BCUT2D eigenvalue weighted by Crippen LogP contribution is -2.40. The molecule has 1 saturated heterocycles. The van der Waals surface area contributed by atoms with E-state index in [4.69, 9.17) is 16.2 Å². The predicted octanol–water partition coefficient (Wildman–Crippen LogP) is 3.21. The molecule has 0 bridgehead atoms. The van der Waals surface area contributed by atoms with Gasteiger partial charge >= 0.3 is 0 Å². The predicted molar refractivity (Wildman–Crippen MR) is 127 cm³/mol. The Hall–Kier alpha value is -3.17. The SMILES string of the molecule is COc1cc(C)cc2cc(-c3c(CN4CCCC(C(N)=O)C4)cn4ncnc(N)c34)sc12. The van der Waals surface area contributed by atoms with E-state index in [1.807, 2.05) is 6.20 Å². The number of hydrogen-bond acceptors (Lipinski definition) is 7. The first-order valence-electron chi connectivity index (χ1n) is 10.7. The Bertz CT molecular complexity index is 1330. The van der Waals surface area contributed by atoms with Crippen LogP contribution in [0.2, 0.25) is 0 Å². The van der Waals surface area contributed by atoms with E-state index in [-0.39, 0.29) is 11.8 Å². The third-order valence-electron chi connectivity index (χ3n) is 6.18. The number of ether oxygens (including phenoxy) is 1. The molecule has 9 heteroatoms. The van der Waals surface area contributed by atoms with E-state index in [0.29, 0.717) is 18.9 Å². The normalized spacial score (nSPS) is 17.2. The Balaban J connectivity index is 1.64. The fourth-order valence-corrected chi connectivity index (χ4v) is 5.90. The molecule has 4 N–H and O–H groups in total. The van der Waals surface area contributed by atoms with Crippen molar-refractivity contribution in [3.05, 3.63) is 41.9 Å². The number of anilines is 1. The maximum atomic E-state index is 11.8. The molecule has 5 rings (SSSR count). The van der Waals surface area contributed by atoms with Crippen LogP contribution in [0.5, 0.6) is 5.75 Å². The van der Waals surface area contributed by atoms with Gasteiger partial charge in [0.2, 0.25) is 5.91 Å². The van der Waals surface area contributed by atoms with Crippen molar-refractivity contribution in [2.75, 3.05) is 25.9 Å². The Kier molecular flexibility index (Phi) is 5.22. The highest BCUT2D eigenvalue weighted by Crippen LogP contribution is 2.43. The molecular weight excluding hydrogens is 424 g/mol. The number of methoxy groups -OCH3 is 1. The van der Waals surface area contributed by atoms with Gasteiger partial charge in [-0.05, 0) is 55.0 Å². The monoisotopic (exact) mass is 450 g/mol. The summed E-state index contributed by atoms with van der Waals surface area (Å²) in [6.45, 7) is 4.35. The number of benzene rings is 1. The topological polar surface area (TPSA) is 112 Å². The van der Waals surface area contributed by atoms with Crippen LogP contribution in [-0.2, 0) is 11.3 Å². The molecule has 0 radical (unpaired) electrons. The molecule has 32 heavy (non-hydrogen) atoms. The summed E-state index contributed by atoms with van der Waals surface area (Å²) in [5.74, 6) is 0.978. The van der Waals surface area contributed by atoms with Gasteiger partial charge in [-0.2, -0.15) is 5.10 Å². The molecule has 1 amide bonds. The van der Waals surface area contributed by atoms with Crippen LogP contribution < -0.4 is 16.2 Å². The third-order valence-corrected chi connectivity index (χ3v) is 7.36. The van der Waals surface area contributed by atoms with Gasteiger partial charge in [-0.15, -0.1) is 11.3 Å². The van der Waals surface area contributed by atoms with Crippen LogP contribution in [0.3, 0.4) is 0 Å². The Morgan fingerprint density at radius 2 is 2.19 bits per heavy atom. The number of hydrogen-bond donors (Lipinski definition) is 2. The number of nitrogen functional groups attached to an aromatic ring is 1. The van der Waals surface area contributed by atoms with Gasteiger partial charge in [-0.3, -0.25) is 9.69 Å². The minimum Gasteiger partial charge on any atom is -0.495 e. The fourth-order valence-electron chi connectivity index (χ4n) is 4.69. The highest BCUT2D eigenvalue weighted by Gasteiger charge is 2.26. The number of piperidine rings is 1. The molecule has 0 spiro atoms. The lowest BCUT2D eigenvalue weighted by Gasteiger charge is -2.31. The van der Waals surface area contributed by atoms with Crippen molar-refractivity contribution in [2.24, 2.45) is 11.7 Å². The largest absolute Gasteiger partial charge is 0.495 e. The minimum atomic E-state index is -0.223. The molecule has 1 atom stereocenters. The number of thiophene rings is 1. The minimum absolute atomic E-state index is 0.106. The van der Waals surface area contributed by atoms with E-state index in [2.05, 4.69) is 40.1 Å². The summed E-state index contributed by atoms with van der Waals surface area (Å²) in [4.78, 5) is 19.4. The molecule has 1 fully saturated rings. The molecule has 3 aromatic heterocycles. The maximum Gasteiger partial charge on any atom is 0.221 e. The summed E-state index contributed by atoms with van der Waals surface area (Å²) in [5, 5.41) is 5.53. The Morgan fingerprint density at radius 1 is 1.34 bits per heavy atom. The van der Waals surface area contributed by atoms with Crippen LogP contribution in [0.25, 0.3) is 26.0 Å². The van der Waals surface area contributed by atoms with Gasteiger partial charge in [0, 0.05) is 29.7 Å². The van der Waals surface area contributed by atoms with Crippen LogP contribution in [0.15, 0.2) is 30.7 Å². The van der Waals surface area contributed by atoms with E-state index in [1.165, 1.54) is 6.33 Å². The Morgan fingerprint density at radius 3 is 2.97 bits per heavy atom. The highest BCUT2D eigenvalue weighted by molar-refractivity contribution is 7.22. The van der Waals surface area contributed by atoms with Crippen molar-refractivity contribution < 1.29 is 9.53 Å². The zero-order valence-corrected chi connectivity index (χ0v) is 19.0. The van der Waals surface area contributed by atoms with Gasteiger partial charge in [0.1, 0.15) is 17.6 Å². The zero-order chi connectivity index (χ0) is 22.4. The number of likely N-dealkylation sites (tertiary alicyclic amines) is 1. The molecule has 0 saturated carbocycles. The third kappa shape index (κ3) is 3.57.